The highest BCUT2D eigenvalue weighted by Gasteiger charge is 2.17. The summed E-state index contributed by atoms with van der Waals surface area (Å²) in [6, 6.07) is 25.7. The fourth-order valence-corrected chi connectivity index (χ4v) is 4.41. The summed E-state index contributed by atoms with van der Waals surface area (Å²) < 4.78 is 0. The summed E-state index contributed by atoms with van der Waals surface area (Å²) >= 11 is 0. The minimum Gasteiger partial charge on any atom is -0.352 e. The van der Waals surface area contributed by atoms with Crippen LogP contribution in [0.2, 0.25) is 0 Å². The zero-order valence-corrected chi connectivity index (χ0v) is 20.5. The first-order valence-electron chi connectivity index (χ1n) is 12.1. The molecule has 2 amide bonds. The van der Waals surface area contributed by atoms with Crippen molar-refractivity contribution in [3.05, 3.63) is 101 Å². The molecule has 0 aliphatic carbocycles. The zero-order valence-electron chi connectivity index (χ0n) is 20.5. The van der Waals surface area contributed by atoms with E-state index in [1.807, 2.05) is 81.4 Å². The molecule has 0 atom stereocenters. The van der Waals surface area contributed by atoms with E-state index in [4.69, 9.17) is 4.98 Å². The van der Waals surface area contributed by atoms with Gasteiger partial charge in [-0.05, 0) is 61.2 Å². The van der Waals surface area contributed by atoms with E-state index >= 15 is 0 Å². The first-order valence-corrected chi connectivity index (χ1v) is 12.1. The first-order chi connectivity index (χ1) is 17.0. The van der Waals surface area contributed by atoms with Gasteiger partial charge in [-0.1, -0.05) is 60.7 Å². The summed E-state index contributed by atoms with van der Waals surface area (Å²) in [6.07, 6.45) is 0.242. The van der Waals surface area contributed by atoms with Crippen molar-refractivity contribution in [2.45, 2.75) is 33.7 Å². The van der Waals surface area contributed by atoms with Gasteiger partial charge in [0.2, 0.25) is 5.91 Å². The van der Waals surface area contributed by atoms with E-state index < -0.39 is 0 Å². The van der Waals surface area contributed by atoms with Crippen LogP contribution in [0.1, 0.15) is 41.0 Å². The normalized spacial score (nSPS) is 10.8. The molecule has 4 rings (SSSR count). The SMILES string of the molecule is CCN(CC)C(=O)c1ccc(CNC(=O)Cc2c(C)nc3ccccc3c2-c2ccccc2)cc1. The average molecular weight is 466 g/mol. The molecule has 0 fully saturated rings. The number of nitrogens with one attached hydrogen (secondary N) is 1. The number of para-hydroxylation sites is 1. The van der Waals surface area contributed by atoms with Crippen molar-refractivity contribution in [3.63, 3.8) is 0 Å². The standard InChI is InChI=1S/C30H31N3O2/c1-4-33(5-2)30(35)24-17-15-22(16-18-24)20-31-28(34)19-26-21(3)32-27-14-10-9-13-25(27)29(26)23-11-7-6-8-12-23/h6-18H,4-5,19-20H2,1-3H3,(H,31,34). The van der Waals surface area contributed by atoms with E-state index in [0.717, 1.165) is 38.9 Å². The third-order valence-electron chi connectivity index (χ3n) is 6.34. The van der Waals surface area contributed by atoms with Gasteiger partial charge in [0, 0.05) is 36.3 Å². The summed E-state index contributed by atoms with van der Waals surface area (Å²) in [7, 11) is 0. The number of nitrogens with zero attached hydrogens (tertiary/aromatic N) is 2. The Hall–Kier alpha value is -3.99. The quantitative estimate of drug-likeness (QED) is 0.371. The molecule has 0 unspecified atom stereocenters. The number of carbonyl (C=O) groups excluding carboxylic acids is 2. The van der Waals surface area contributed by atoms with Crippen LogP contribution >= 0.6 is 0 Å². The Balaban J connectivity index is 1.52. The molecule has 5 heteroatoms. The second-order valence-corrected chi connectivity index (χ2v) is 8.56. The minimum atomic E-state index is -0.0642. The van der Waals surface area contributed by atoms with Crippen LogP contribution in [-0.4, -0.2) is 34.8 Å². The molecule has 35 heavy (non-hydrogen) atoms. The van der Waals surface area contributed by atoms with Gasteiger partial charge >= 0.3 is 0 Å². The van der Waals surface area contributed by atoms with Gasteiger partial charge < -0.3 is 10.2 Å². The molecule has 0 radical (unpaired) electrons. The Morgan fingerprint density at radius 2 is 1.51 bits per heavy atom. The molecule has 0 saturated heterocycles. The van der Waals surface area contributed by atoms with Crippen LogP contribution in [0, 0.1) is 6.92 Å². The third-order valence-corrected chi connectivity index (χ3v) is 6.34. The Morgan fingerprint density at radius 1 is 0.857 bits per heavy atom. The Kier molecular flexibility index (Phi) is 7.56. The molecule has 0 aliphatic heterocycles. The predicted molar refractivity (Wildman–Crippen MR) is 141 cm³/mol. The van der Waals surface area contributed by atoms with Gasteiger partial charge in [0.25, 0.3) is 5.91 Å². The third kappa shape index (κ3) is 5.40. The Bertz CT molecular complexity index is 1330. The average Bonchev–Trinajstić information content (AvgIpc) is 2.89. The summed E-state index contributed by atoms with van der Waals surface area (Å²) in [5.74, 6) is -0.0380. The Labute approximate surface area is 206 Å². The molecular weight excluding hydrogens is 434 g/mol. The maximum Gasteiger partial charge on any atom is 0.253 e. The van der Waals surface area contributed by atoms with Crippen LogP contribution in [-0.2, 0) is 17.8 Å². The lowest BCUT2D eigenvalue weighted by molar-refractivity contribution is -0.120. The highest BCUT2D eigenvalue weighted by molar-refractivity contribution is 5.98. The maximum atomic E-state index is 13.0. The number of hydrogen-bond acceptors (Lipinski definition) is 3. The highest BCUT2D eigenvalue weighted by atomic mass is 16.2. The van der Waals surface area contributed by atoms with Crippen LogP contribution in [0.25, 0.3) is 22.0 Å². The summed E-state index contributed by atoms with van der Waals surface area (Å²) in [4.78, 5) is 32.1. The number of carbonyl (C=O) groups is 2. The van der Waals surface area contributed by atoms with Gasteiger partial charge in [-0.3, -0.25) is 14.6 Å². The number of pyridine rings is 1. The fraction of sp³-hybridized carbons (Fsp3) is 0.233. The summed E-state index contributed by atoms with van der Waals surface area (Å²) in [5, 5.41) is 4.08. The lowest BCUT2D eigenvalue weighted by Crippen LogP contribution is -2.30. The molecule has 1 heterocycles. The molecule has 1 aromatic heterocycles. The maximum absolute atomic E-state index is 13.0. The molecule has 0 aliphatic rings. The van der Waals surface area contributed by atoms with Crippen LogP contribution in [0.4, 0.5) is 0 Å². The monoisotopic (exact) mass is 465 g/mol. The smallest absolute Gasteiger partial charge is 0.253 e. The molecule has 5 nitrogen and oxygen atoms in total. The van der Waals surface area contributed by atoms with E-state index in [1.165, 1.54) is 0 Å². The number of benzene rings is 3. The van der Waals surface area contributed by atoms with Crippen molar-refractivity contribution < 1.29 is 9.59 Å². The number of hydrogen-bond donors (Lipinski definition) is 1. The summed E-state index contributed by atoms with van der Waals surface area (Å²) in [5.41, 5.74) is 6.46. The van der Waals surface area contributed by atoms with E-state index in [1.54, 1.807) is 4.90 Å². The molecular formula is C30H31N3O2. The van der Waals surface area contributed by atoms with Gasteiger partial charge in [0.1, 0.15) is 0 Å². The lowest BCUT2D eigenvalue weighted by atomic mass is 9.92. The van der Waals surface area contributed by atoms with E-state index in [2.05, 4.69) is 23.5 Å². The second kappa shape index (κ2) is 11.0. The van der Waals surface area contributed by atoms with E-state index in [-0.39, 0.29) is 18.2 Å². The largest absolute Gasteiger partial charge is 0.352 e. The molecule has 178 valence electrons. The predicted octanol–water partition coefficient (Wildman–Crippen LogP) is 5.55. The van der Waals surface area contributed by atoms with Gasteiger partial charge in [-0.2, -0.15) is 0 Å². The highest BCUT2D eigenvalue weighted by Crippen LogP contribution is 2.33. The molecule has 0 spiro atoms. The van der Waals surface area contributed by atoms with Crippen molar-refractivity contribution in [2.75, 3.05) is 13.1 Å². The molecule has 0 saturated carbocycles. The Morgan fingerprint density at radius 3 is 2.20 bits per heavy atom. The molecule has 4 aromatic rings. The molecule has 1 N–H and O–H groups in total. The van der Waals surface area contributed by atoms with Crippen LogP contribution in [0.15, 0.2) is 78.9 Å². The van der Waals surface area contributed by atoms with Crippen LogP contribution in [0.3, 0.4) is 0 Å². The number of amides is 2. The van der Waals surface area contributed by atoms with E-state index in [0.29, 0.717) is 25.2 Å². The van der Waals surface area contributed by atoms with Crippen molar-refractivity contribution in [2.24, 2.45) is 0 Å². The first kappa shape index (κ1) is 24.1. The minimum absolute atomic E-state index is 0.0262. The van der Waals surface area contributed by atoms with Gasteiger partial charge in [-0.25, -0.2) is 0 Å². The van der Waals surface area contributed by atoms with Gasteiger partial charge in [-0.15, -0.1) is 0 Å². The lowest BCUT2D eigenvalue weighted by Gasteiger charge is -2.18. The van der Waals surface area contributed by atoms with Crippen molar-refractivity contribution in [3.8, 4) is 11.1 Å². The number of aromatic nitrogens is 1. The van der Waals surface area contributed by atoms with Gasteiger partial charge in [0.05, 0.1) is 11.9 Å². The van der Waals surface area contributed by atoms with Gasteiger partial charge in [0.15, 0.2) is 0 Å². The zero-order chi connectivity index (χ0) is 24.8. The molecule has 3 aromatic carbocycles. The summed E-state index contributed by atoms with van der Waals surface area (Å²) in [6.45, 7) is 7.68. The topological polar surface area (TPSA) is 62.3 Å². The van der Waals surface area contributed by atoms with Crippen LogP contribution < -0.4 is 5.32 Å². The molecule has 0 bridgehead atoms. The van der Waals surface area contributed by atoms with Crippen LogP contribution in [0.5, 0.6) is 0 Å². The van der Waals surface area contributed by atoms with Crippen molar-refractivity contribution in [1.82, 2.24) is 15.2 Å². The number of rotatable bonds is 8. The van der Waals surface area contributed by atoms with E-state index in [9.17, 15) is 9.59 Å². The number of aryl methyl sites for hydroxylation is 1. The van der Waals surface area contributed by atoms with Crippen molar-refractivity contribution >= 4 is 22.7 Å². The second-order valence-electron chi connectivity index (χ2n) is 8.56. The number of fused-ring (bicyclic) bond motifs is 1. The fourth-order valence-electron chi connectivity index (χ4n) is 4.41. The van der Waals surface area contributed by atoms with Crippen molar-refractivity contribution in [1.29, 1.82) is 0 Å².